The van der Waals surface area contributed by atoms with E-state index in [0.717, 1.165) is 31.4 Å². The Labute approximate surface area is 170 Å². The zero-order chi connectivity index (χ0) is 19.8. The minimum Gasteiger partial charge on any atom is -0.382 e. The zero-order valence-electron chi connectivity index (χ0n) is 16.2. The summed E-state index contributed by atoms with van der Waals surface area (Å²) < 4.78 is 10.7. The van der Waals surface area contributed by atoms with E-state index in [4.69, 9.17) is 20.9 Å². The maximum absolute atomic E-state index is 12.4. The number of hydrogen-bond acceptors (Lipinski definition) is 6. The summed E-state index contributed by atoms with van der Waals surface area (Å²) >= 11 is 5.92. The van der Waals surface area contributed by atoms with E-state index in [1.165, 1.54) is 0 Å². The number of nitrogens with one attached hydrogen (secondary N) is 1. The first-order valence-corrected chi connectivity index (χ1v) is 10.2. The largest absolute Gasteiger partial charge is 0.382 e. The van der Waals surface area contributed by atoms with Gasteiger partial charge in [0.2, 0.25) is 17.6 Å². The van der Waals surface area contributed by atoms with E-state index in [2.05, 4.69) is 20.4 Å². The van der Waals surface area contributed by atoms with Crippen LogP contribution in [0.4, 0.5) is 0 Å². The molecule has 28 heavy (non-hydrogen) atoms. The molecule has 7 nitrogen and oxygen atoms in total. The van der Waals surface area contributed by atoms with Crippen molar-refractivity contribution in [1.29, 1.82) is 0 Å². The summed E-state index contributed by atoms with van der Waals surface area (Å²) in [6, 6.07) is 7.33. The van der Waals surface area contributed by atoms with Gasteiger partial charge in [0.05, 0.1) is 12.5 Å². The van der Waals surface area contributed by atoms with Crippen LogP contribution >= 0.6 is 11.6 Å². The molecule has 2 heterocycles. The number of rotatable bonds is 9. The van der Waals surface area contributed by atoms with E-state index in [1.54, 1.807) is 12.1 Å². The predicted octanol–water partition coefficient (Wildman–Crippen LogP) is 3.14. The van der Waals surface area contributed by atoms with Gasteiger partial charge in [0, 0.05) is 36.9 Å². The fourth-order valence-electron chi connectivity index (χ4n) is 3.31. The second-order valence-corrected chi connectivity index (χ2v) is 7.37. The molecule has 1 atom stereocenters. The van der Waals surface area contributed by atoms with Gasteiger partial charge in [-0.05, 0) is 57.0 Å². The highest BCUT2D eigenvalue weighted by Crippen LogP contribution is 2.21. The Bertz CT molecular complexity index is 750. The number of piperidine rings is 1. The van der Waals surface area contributed by atoms with Crippen molar-refractivity contribution in [2.75, 3.05) is 32.8 Å². The molecule has 1 N–H and O–H groups in total. The third-order valence-electron chi connectivity index (χ3n) is 4.77. The van der Waals surface area contributed by atoms with Crippen LogP contribution in [-0.2, 0) is 16.1 Å². The summed E-state index contributed by atoms with van der Waals surface area (Å²) in [5.41, 5.74) is 0.863. The Morgan fingerprint density at radius 1 is 1.39 bits per heavy atom. The van der Waals surface area contributed by atoms with Gasteiger partial charge in [-0.2, -0.15) is 4.98 Å². The van der Waals surface area contributed by atoms with Gasteiger partial charge in [-0.1, -0.05) is 16.8 Å². The van der Waals surface area contributed by atoms with Crippen LogP contribution in [0.25, 0.3) is 11.4 Å². The minimum atomic E-state index is -0.000462. The molecule has 0 bridgehead atoms. The quantitative estimate of drug-likeness (QED) is 0.644. The number of carbonyl (C=O) groups excluding carboxylic acids is 1. The maximum Gasteiger partial charge on any atom is 0.241 e. The molecule has 3 rings (SSSR count). The number of carbonyl (C=O) groups is 1. The molecule has 0 aliphatic carbocycles. The Balaban J connectivity index is 1.48. The highest BCUT2D eigenvalue weighted by molar-refractivity contribution is 6.30. The molecule has 152 valence electrons. The first-order chi connectivity index (χ1) is 13.7. The molecule has 1 fully saturated rings. The lowest BCUT2D eigenvalue weighted by molar-refractivity contribution is -0.126. The predicted molar refractivity (Wildman–Crippen MR) is 107 cm³/mol. The first kappa shape index (κ1) is 20.8. The van der Waals surface area contributed by atoms with Gasteiger partial charge in [-0.25, -0.2) is 0 Å². The zero-order valence-corrected chi connectivity index (χ0v) is 17.0. The number of hydrogen-bond donors (Lipinski definition) is 1. The molecule has 1 aliphatic heterocycles. The molecule has 1 aromatic carbocycles. The van der Waals surface area contributed by atoms with Crippen LogP contribution in [0.5, 0.6) is 0 Å². The van der Waals surface area contributed by atoms with E-state index < -0.39 is 0 Å². The van der Waals surface area contributed by atoms with E-state index in [0.29, 0.717) is 49.6 Å². The molecule has 1 saturated heterocycles. The van der Waals surface area contributed by atoms with Crippen LogP contribution in [0.1, 0.15) is 32.1 Å². The fourth-order valence-corrected chi connectivity index (χ4v) is 3.44. The number of aromatic nitrogens is 2. The highest BCUT2D eigenvalue weighted by atomic mass is 35.5. The normalized spacial score (nSPS) is 17.6. The van der Waals surface area contributed by atoms with Crippen molar-refractivity contribution in [2.24, 2.45) is 5.92 Å². The summed E-state index contributed by atoms with van der Waals surface area (Å²) in [5, 5.41) is 7.74. The lowest BCUT2D eigenvalue weighted by Gasteiger charge is -2.30. The topological polar surface area (TPSA) is 80.5 Å². The summed E-state index contributed by atoms with van der Waals surface area (Å²) in [7, 11) is 0. The standard InChI is InChI=1S/C20H27ClN4O3/c1-2-27-12-4-10-22-20(26)16-5-3-11-25(13-16)14-18-23-19(24-28-18)15-6-8-17(21)9-7-15/h6-9,16H,2-5,10-14H2,1H3,(H,22,26). The molecule has 1 aliphatic rings. The van der Waals surface area contributed by atoms with Gasteiger partial charge in [-0.3, -0.25) is 9.69 Å². The molecule has 0 radical (unpaired) electrons. The summed E-state index contributed by atoms with van der Waals surface area (Å²) in [6.07, 6.45) is 2.73. The number of nitrogens with zero attached hydrogens (tertiary/aromatic N) is 3. The Kier molecular flexibility index (Phi) is 7.82. The van der Waals surface area contributed by atoms with Crippen molar-refractivity contribution < 1.29 is 14.1 Å². The van der Waals surface area contributed by atoms with Crippen molar-refractivity contribution in [3.05, 3.63) is 35.2 Å². The maximum atomic E-state index is 12.4. The average molecular weight is 407 g/mol. The van der Waals surface area contributed by atoms with Gasteiger partial charge in [0.25, 0.3) is 0 Å². The number of halogens is 1. The average Bonchev–Trinajstić information content (AvgIpc) is 3.17. The van der Waals surface area contributed by atoms with Gasteiger partial charge >= 0.3 is 0 Å². The van der Waals surface area contributed by atoms with Crippen molar-refractivity contribution in [3.8, 4) is 11.4 Å². The van der Waals surface area contributed by atoms with Crippen LogP contribution in [-0.4, -0.2) is 53.8 Å². The fraction of sp³-hybridized carbons (Fsp3) is 0.550. The monoisotopic (exact) mass is 406 g/mol. The number of benzene rings is 1. The molecule has 1 aromatic heterocycles. The van der Waals surface area contributed by atoms with E-state index in [1.807, 2.05) is 19.1 Å². The van der Waals surface area contributed by atoms with Gasteiger partial charge in [0.15, 0.2) is 0 Å². The molecule has 2 aromatic rings. The third-order valence-corrected chi connectivity index (χ3v) is 5.03. The number of likely N-dealkylation sites (tertiary alicyclic amines) is 1. The molecular weight excluding hydrogens is 380 g/mol. The van der Waals surface area contributed by atoms with Crippen LogP contribution in [0.15, 0.2) is 28.8 Å². The molecular formula is C20H27ClN4O3. The van der Waals surface area contributed by atoms with Gasteiger partial charge in [0.1, 0.15) is 0 Å². The van der Waals surface area contributed by atoms with Crippen LogP contribution in [0, 0.1) is 5.92 Å². The van der Waals surface area contributed by atoms with Crippen LogP contribution < -0.4 is 5.32 Å². The van der Waals surface area contributed by atoms with Crippen molar-refractivity contribution in [2.45, 2.75) is 32.7 Å². The van der Waals surface area contributed by atoms with Crippen molar-refractivity contribution >= 4 is 17.5 Å². The second kappa shape index (κ2) is 10.5. The summed E-state index contributed by atoms with van der Waals surface area (Å²) in [6.45, 7) is 6.19. The Morgan fingerprint density at radius 2 is 2.21 bits per heavy atom. The van der Waals surface area contributed by atoms with Crippen LogP contribution in [0.3, 0.4) is 0 Å². The molecule has 8 heteroatoms. The highest BCUT2D eigenvalue weighted by Gasteiger charge is 2.26. The minimum absolute atomic E-state index is 0.000462. The lowest BCUT2D eigenvalue weighted by Crippen LogP contribution is -2.43. The lowest BCUT2D eigenvalue weighted by atomic mass is 9.97. The third kappa shape index (κ3) is 6.02. The van der Waals surface area contributed by atoms with Gasteiger partial charge in [-0.15, -0.1) is 0 Å². The molecule has 1 amide bonds. The Hall–Kier alpha value is -1.96. The van der Waals surface area contributed by atoms with Crippen molar-refractivity contribution in [1.82, 2.24) is 20.4 Å². The number of ether oxygens (including phenoxy) is 1. The van der Waals surface area contributed by atoms with E-state index in [9.17, 15) is 4.79 Å². The summed E-state index contributed by atoms with van der Waals surface area (Å²) in [4.78, 5) is 19.1. The summed E-state index contributed by atoms with van der Waals surface area (Å²) in [5.74, 6) is 1.23. The SMILES string of the molecule is CCOCCCNC(=O)C1CCCN(Cc2nc(-c3ccc(Cl)cc3)no2)C1. The molecule has 0 spiro atoms. The first-order valence-electron chi connectivity index (χ1n) is 9.82. The van der Waals surface area contributed by atoms with Gasteiger partial charge < -0.3 is 14.6 Å². The van der Waals surface area contributed by atoms with E-state index >= 15 is 0 Å². The molecule has 1 unspecified atom stereocenters. The molecule has 0 saturated carbocycles. The Morgan fingerprint density at radius 3 is 3.00 bits per heavy atom. The number of amides is 1. The second-order valence-electron chi connectivity index (χ2n) is 6.93. The smallest absolute Gasteiger partial charge is 0.241 e. The van der Waals surface area contributed by atoms with Crippen LogP contribution in [0.2, 0.25) is 5.02 Å². The van der Waals surface area contributed by atoms with Crippen molar-refractivity contribution in [3.63, 3.8) is 0 Å². The van der Waals surface area contributed by atoms with E-state index in [-0.39, 0.29) is 11.8 Å².